The Bertz CT molecular complexity index is 248. The molecule has 1 aliphatic rings. The smallest absolute Gasteiger partial charge is 0.329 e. The van der Waals surface area contributed by atoms with Crippen LogP contribution in [0.1, 0.15) is 26.7 Å². The van der Waals surface area contributed by atoms with Crippen molar-refractivity contribution in [2.24, 2.45) is 0 Å². The van der Waals surface area contributed by atoms with Gasteiger partial charge in [0.2, 0.25) is 5.91 Å². The predicted octanol–water partition coefficient (Wildman–Crippen LogP) is 0.487. The largest absolute Gasteiger partial charge is 0.480 e. The van der Waals surface area contributed by atoms with E-state index in [1.165, 1.54) is 11.8 Å². The first-order valence-electron chi connectivity index (χ1n) is 5.19. The number of carbonyl (C=O) groups is 2. The number of amides is 1. The molecule has 0 aliphatic carbocycles. The van der Waals surface area contributed by atoms with Gasteiger partial charge in [-0.2, -0.15) is 0 Å². The molecule has 1 amide bonds. The summed E-state index contributed by atoms with van der Waals surface area (Å²) in [6.07, 6.45) is 1.22. The van der Waals surface area contributed by atoms with Crippen molar-refractivity contribution in [1.82, 2.24) is 4.90 Å². The second kappa shape index (κ2) is 5.11. The topological polar surface area (TPSA) is 66.8 Å². The summed E-state index contributed by atoms with van der Waals surface area (Å²) in [6.45, 7) is 4.14. The number of likely N-dealkylation sites (N-methyl/N-ethyl adjacent to an activating group) is 1. The highest BCUT2D eigenvalue weighted by Gasteiger charge is 2.36. The summed E-state index contributed by atoms with van der Waals surface area (Å²) in [7, 11) is 0. The summed E-state index contributed by atoms with van der Waals surface area (Å²) in [6, 6.07) is -0.838. The SMILES string of the molecule is CCN(C(C)=O)C(C(=O)O)C1CCCO1. The maximum Gasteiger partial charge on any atom is 0.329 e. The van der Waals surface area contributed by atoms with Crippen molar-refractivity contribution >= 4 is 11.9 Å². The zero-order chi connectivity index (χ0) is 11.4. The number of hydrogen-bond donors (Lipinski definition) is 1. The average molecular weight is 215 g/mol. The fraction of sp³-hybridized carbons (Fsp3) is 0.800. The molecule has 1 aliphatic heterocycles. The normalized spacial score (nSPS) is 22.4. The summed E-state index contributed by atoms with van der Waals surface area (Å²) in [5, 5.41) is 9.11. The van der Waals surface area contributed by atoms with E-state index in [0.717, 1.165) is 6.42 Å². The van der Waals surface area contributed by atoms with Gasteiger partial charge in [0.15, 0.2) is 6.04 Å². The van der Waals surface area contributed by atoms with E-state index in [-0.39, 0.29) is 12.0 Å². The molecule has 86 valence electrons. The lowest BCUT2D eigenvalue weighted by atomic mass is 10.1. The molecule has 1 saturated heterocycles. The average Bonchev–Trinajstić information content (AvgIpc) is 2.64. The van der Waals surface area contributed by atoms with Crippen LogP contribution in [0.15, 0.2) is 0 Å². The van der Waals surface area contributed by atoms with Gasteiger partial charge in [0.05, 0.1) is 6.10 Å². The Balaban J connectivity index is 2.79. The second-order valence-corrected chi connectivity index (χ2v) is 3.64. The number of rotatable bonds is 4. The van der Waals surface area contributed by atoms with Gasteiger partial charge >= 0.3 is 5.97 Å². The number of carboxylic acids is 1. The number of ether oxygens (including phenoxy) is 1. The third-order valence-electron chi connectivity index (χ3n) is 2.65. The monoisotopic (exact) mass is 215 g/mol. The highest BCUT2D eigenvalue weighted by Crippen LogP contribution is 2.20. The molecule has 0 aromatic heterocycles. The van der Waals surface area contributed by atoms with Crippen LogP contribution < -0.4 is 0 Å². The van der Waals surface area contributed by atoms with Gasteiger partial charge in [0, 0.05) is 20.1 Å². The molecule has 5 nitrogen and oxygen atoms in total. The van der Waals surface area contributed by atoms with E-state index >= 15 is 0 Å². The van der Waals surface area contributed by atoms with Crippen molar-refractivity contribution in [3.8, 4) is 0 Å². The Hall–Kier alpha value is -1.10. The third kappa shape index (κ3) is 2.68. The molecule has 1 rings (SSSR count). The molecule has 0 radical (unpaired) electrons. The number of aliphatic carboxylic acids is 1. The second-order valence-electron chi connectivity index (χ2n) is 3.64. The van der Waals surface area contributed by atoms with Gasteiger partial charge in [-0.25, -0.2) is 4.79 Å². The zero-order valence-electron chi connectivity index (χ0n) is 9.10. The van der Waals surface area contributed by atoms with Crippen molar-refractivity contribution in [1.29, 1.82) is 0 Å². The maximum absolute atomic E-state index is 11.3. The van der Waals surface area contributed by atoms with Crippen LogP contribution in [0.4, 0.5) is 0 Å². The van der Waals surface area contributed by atoms with Crippen molar-refractivity contribution in [3.63, 3.8) is 0 Å². The fourth-order valence-corrected chi connectivity index (χ4v) is 1.96. The summed E-state index contributed by atoms with van der Waals surface area (Å²) >= 11 is 0. The van der Waals surface area contributed by atoms with Gasteiger partial charge in [-0.15, -0.1) is 0 Å². The molecular formula is C10H17NO4. The van der Waals surface area contributed by atoms with Crippen LogP contribution in [-0.2, 0) is 14.3 Å². The van der Waals surface area contributed by atoms with Crippen LogP contribution in [0.25, 0.3) is 0 Å². The molecule has 0 spiro atoms. The summed E-state index contributed by atoms with van der Waals surface area (Å²) in [4.78, 5) is 23.7. The molecule has 1 fully saturated rings. The van der Waals surface area contributed by atoms with E-state index in [4.69, 9.17) is 9.84 Å². The van der Waals surface area contributed by atoms with E-state index in [2.05, 4.69) is 0 Å². The van der Waals surface area contributed by atoms with E-state index in [0.29, 0.717) is 19.6 Å². The number of nitrogens with zero attached hydrogens (tertiary/aromatic N) is 1. The van der Waals surface area contributed by atoms with Crippen LogP contribution in [0.3, 0.4) is 0 Å². The fourth-order valence-electron chi connectivity index (χ4n) is 1.96. The van der Waals surface area contributed by atoms with Crippen LogP contribution in [0.5, 0.6) is 0 Å². The third-order valence-corrected chi connectivity index (χ3v) is 2.65. The predicted molar refractivity (Wildman–Crippen MR) is 53.5 cm³/mol. The lowest BCUT2D eigenvalue weighted by Gasteiger charge is -2.30. The van der Waals surface area contributed by atoms with Gasteiger partial charge in [-0.05, 0) is 19.8 Å². The Kier molecular flexibility index (Phi) is 4.08. The molecular weight excluding hydrogens is 198 g/mol. The molecule has 15 heavy (non-hydrogen) atoms. The first-order valence-corrected chi connectivity index (χ1v) is 5.19. The first-order chi connectivity index (χ1) is 7.07. The van der Waals surface area contributed by atoms with Gasteiger partial charge in [0.25, 0.3) is 0 Å². The summed E-state index contributed by atoms with van der Waals surface area (Å²) < 4.78 is 5.33. The van der Waals surface area contributed by atoms with Crippen molar-refractivity contribution in [3.05, 3.63) is 0 Å². The standard InChI is InChI=1S/C10H17NO4/c1-3-11(7(2)12)9(10(13)14)8-5-4-6-15-8/h8-9H,3-6H2,1-2H3,(H,13,14). The van der Waals surface area contributed by atoms with E-state index in [1.807, 2.05) is 0 Å². The highest BCUT2D eigenvalue weighted by atomic mass is 16.5. The minimum absolute atomic E-state index is 0.222. The van der Waals surface area contributed by atoms with Gasteiger partial charge in [-0.1, -0.05) is 0 Å². The molecule has 0 saturated carbocycles. The molecule has 5 heteroatoms. The van der Waals surface area contributed by atoms with Crippen molar-refractivity contribution in [2.45, 2.75) is 38.8 Å². The lowest BCUT2D eigenvalue weighted by Crippen LogP contribution is -2.50. The molecule has 1 N–H and O–H groups in total. The zero-order valence-corrected chi connectivity index (χ0v) is 9.10. The number of hydrogen-bond acceptors (Lipinski definition) is 3. The van der Waals surface area contributed by atoms with Gasteiger partial charge < -0.3 is 14.7 Å². The van der Waals surface area contributed by atoms with E-state index in [1.54, 1.807) is 6.92 Å². The Labute approximate surface area is 89.0 Å². The minimum Gasteiger partial charge on any atom is -0.480 e. The lowest BCUT2D eigenvalue weighted by molar-refractivity contribution is -0.154. The first kappa shape index (κ1) is 12.0. The van der Waals surface area contributed by atoms with E-state index in [9.17, 15) is 9.59 Å². The van der Waals surface area contributed by atoms with Crippen molar-refractivity contribution in [2.75, 3.05) is 13.2 Å². The van der Waals surface area contributed by atoms with Crippen LogP contribution in [0.2, 0.25) is 0 Å². The summed E-state index contributed by atoms with van der Waals surface area (Å²) in [5.74, 6) is -1.21. The van der Waals surface area contributed by atoms with Gasteiger partial charge in [-0.3, -0.25) is 4.79 Å². The van der Waals surface area contributed by atoms with Crippen LogP contribution in [0, 0.1) is 0 Å². The molecule has 2 unspecified atom stereocenters. The Morgan fingerprint density at radius 1 is 1.60 bits per heavy atom. The molecule has 0 aromatic rings. The molecule has 0 aromatic carbocycles. The van der Waals surface area contributed by atoms with Crippen LogP contribution >= 0.6 is 0 Å². The quantitative estimate of drug-likeness (QED) is 0.741. The maximum atomic E-state index is 11.3. The Morgan fingerprint density at radius 2 is 2.27 bits per heavy atom. The highest BCUT2D eigenvalue weighted by molar-refractivity contribution is 5.82. The number of carbonyl (C=O) groups excluding carboxylic acids is 1. The number of carboxylic acid groups (broad SMARTS) is 1. The van der Waals surface area contributed by atoms with E-state index < -0.39 is 12.0 Å². The van der Waals surface area contributed by atoms with Gasteiger partial charge in [0.1, 0.15) is 0 Å². The molecule has 1 heterocycles. The molecule has 0 bridgehead atoms. The Morgan fingerprint density at radius 3 is 2.60 bits per heavy atom. The molecule has 2 atom stereocenters. The van der Waals surface area contributed by atoms with Crippen molar-refractivity contribution < 1.29 is 19.4 Å². The van der Waals surface area contributed by atoms with Crippen LogP contribution in [-0.4, -0.2) is 47.2 Å². The summed E-state index contributed by atoms with van der Waals surface area (Å²) in [5.41, 5.74) is 0. The minimum atomic E-state index is -0.987.